The predicted octanol–water partition coefficient (Wildman–Crippen LogP) is 3.40. The molecule has 0 saturated carbocycles. The third kappa shape index (κ3) is 2.50. The lowest BCUT2D eigenvalue weighted by atomic mass is 10.1. The van der Waals surface area contributed by atoms with Gasteiger partial charge in [-0.15, -0.1) is 0 Å². The molecule has 0 spiro atoms. The van der Waals surface area contributed by atoms with E-state index in [0.29, 0.717) is 6.61 Å². The number of rotatable bonds is 3. The van der Waals surface area contributed by atoms with Gasteiger partial charge >= 0.3 is 0 Å². The number of anilines is 1. The van der Waals surface area contributed by atoms with E-state index in [4.69, 9.17) is 10.5 Å². The molecule has 0 aliphatic heterocycles. The second kappa shape index (κ2) is 4.98. The third-order valence-corrected chi connectivity index (χ3v) is 3.01. The number of pyridine rings is 1. The molecule has 1 aromatic heterocycles. The van der Waals surface area contributed by atoms with Crippen LogP contribution >= 0.6 is 0 Å². The molecule has 0 unspecified atom stereocenters. The van der Waals surface area contributed by atoms with Crippen LogP contribution in [0.15, 0.2) is 60.8 Å². The number of hydrogen-bond acceptors (Lipinski definition) is 3. The van der Waals surface area contributed by atoms with E-state index in [1.54, 1.807) is 0 Å². The molecule has 19 heavy (non-hydrogen) atoms. The van der Waals surface area contributed by atoms with Gasteiger partial charge in [0, 0.05) is 22.8 Å². The number of benzene rings is 2. The smallest absolute Gasteiger partial charge is 0.119 e. The molecule has 3 rings (SSSR count). The number of para-hydroxylation sites is 1. The van der Waals surface area contributed by atoms with Gasteiger partial charge in [-0.2, -0.15) is 0 Å². The maximum absolute atomic E-state index is 5.77. The summed E-state index contributed by atoms with van der Waals surface area (Å²) in [7, 11) is 0. The molecule has 3 nitrogen and oxygen atoms in total. The van der Waals surface area contributed by atoms with Crippen LogP contribution in [0.25, 0.3) is 10.9 Å². The minimum atomic E-state index is 0.521. The van der Waals surface area contributed by atoms with E-state index >= 15 is 0 Å². The number of fused-ring (bicyclic) bond motifs is 1. The zero-order valence-electron chi connectivity index (χ0n) is 10.4. The number of aromatic nitrogens is 1. The van der Waals surface area contributed by atoms with E-state index < -0.39 is 0 Å². The lowest BCUT2D eigenvalue weighted by molar-refractivity contribution is 0.307. The highest BCUT2D eigenvalue weighted by molar-refractivity contribution is 5.81. The summed E-state index contributed by atoms with van der Waals surface area (Å²) in [5, 5.41) is 1.13. The number of nitrogen functional groups attached to an aromatic ring is 1. The van der Waals surface area contributed by atoms with Gasteiger partial charge < -0.3 is 10.5 Å². The van der Waals surface area contributed by atoms with Crippen LogP contribution in [0.4, 0.5) is 5.69 Å². The van der Waals surface area contributed by atoms with Gasteiger partial charge in [-0.3, -0.25) is 4.98 Å². The van der Waals surface area contributed by atoms with Crippen LogP contribution in [-0.2, 0) is 6.61 Å². The molecule has 0 fully saturated rings. The van der Waals surface area contributed by atoms with Gasteiger partial charge in [-0.05, 0) is 36.4 Å². The molecule has 2 aromatic carbocycles. The zero-order valence-corrected chi connectivity index (χ0v) is 10.4. The Balaban J connectivity index is 1.84. The van der Waals surface area contributed by atoms with Gasteiger partial charge in [0.1, 0.15) is 12.4 Å². The van der Waals surface area contributed by atoms with Gasteiger partial charge in [-0.25, -0.2) is 0 Å². The second-order valence-corrected chi connectivity index (χ2v) is 4.34. The van der Waals surface area contributed by atoms with Crippen LogP contribution in [0.1, 0.15) is 5.56 Å². The molecule has 3 heteroatoms. The summed E-state index contributed by atoms with van der Waals surface area (Å²) < 4.78 is 5.77. The minimum absolute atomic E-state index is 0.521. The largest absolute Gasteiger partial charge is 0.489 e. The van der Waals surface area contributed by atoms with Gasteiger partial charge in [0.15, 0.2) is 0 Å². The lowest BCUT2D eigenvalue weighted by Crippen LogP contribution is -1.97. The van der Waals surface area contributed by atoms with Crippen LogP contribution < -0.4 is 10.5 Å². The predicted molar refractivity (Wildman–Crippen MR) is 76.9 cm³/mol. The highest BCUT2D eigenvalue weighted by atomic mass is 16.5. The van der Waals surface area contributed by atoms with Gasteiger partial charge in [-0.1, -0.05) is 18.2 Å². The highest BCUT2D eigenvalue weighted by Gasteiger charge is 2.02. The Bertz CT molecular complexity index is 687. The Morgan fingerprint density at radius 2 is 1.74 bits per heavy atom. The van der Waals surface area contributed by atoms with E-state index in [-0.39, 0.29) is 0 Å². The van der Waals surface area contributed by atoms with Crippen molar-refractivity contribution < 1.29 is 4.74 Å². The Morgan fingerprint density at radius 3 is 2.58 bits per heavy atom. The Kier molecular flexibility index (Phi) is 3.02. The first-order valence-corrected chi connectivity index (χ1v) is 6.14. The Hall–Kier alpha value is -2.55. The van der Waals surface area contributed by atoms with Crippen molar-refractivity contribution in [3.63, 3.8) is 0 Å². The summed E-state index contributed by atoms with van der Waals surface area (Å²) in [6, 6.07) is 17.5. The lowest BCUT2D eigenvalue weighted by Gasteiger charge is -2.08. The van der Waals surface area contributed by atoms with Crippen molar-refractivity contribution in [2.75, 3.05) is 5.73 Å². The van der Waals surface area contributed by atoms with Crippen LogP contribution in [0, 0.1) is 0 Å². The molecule has 0 aliphatic rings. The van der Waals surface area contributed by atoms with Crippen molar-refractivity contribution in [3.05, 3.63) is 66.4 Å². The molecule has 0 radical (unpaired) electrons. The van der Waals surface area contributed by atoms with Crippen molar-refractivity contribution in [1.29, 1.82) is 0 Å². The SMILES string of the molecule is Nc1ccc(OCc2ccnc3ccccc23)cc1. The summed E-state index contributed by atoms with van der Waals surface area (Å²) in [5.41, 5.74) is 8.50. The molecular formula is C16H14N2O. The second-order valence-electron chi connectivity index (χ2n) is 4.34. The van der Waals surface area contributed by atoms with E-state index in [2.05, 4.69) is 11.1 Å². The Morgan fingerprint density at radius 1 is 0.947 bits per heavy atom. The average molecular weight is 250 g/mol. The molecule has 3 aromatic rings. The molecule has 0 aliphatic carbocycles. The van der Waals surface area contributed by atoms with Crippen LogP contribution in [0.3, 0.4) is 0 Å². The first-order chi connectivity index (χ1) is 9.33. The van der Waals surface area contributed by atoms with Gasteiger partial charge in [0.05, 0.1) is 5.52 Å². The number of ether oxygens (including phenoxy) is 1. The standard InChI is InChI=1S/C16H14N2O/c17-13-5-7-14(8-6-13)19-11-12-9-10-18-16-4-2-1-3-15(12)16/h1-10H,11,17H2. The number of nitrogens with two attached hydrogens (primary N) is 1. The molecule has 0 amide bonds. The fourth-order valence-corrected chi connectivity index (χ4v) is 2.01. The number of nitrogens with zero attached hydrogens (tertiary/aromatic N) is 1. The van der Waals surface area contributed by atoms with Crippen molar-refractivity contribution >= 4 is 16.6 Å². The van der Waals surface area contributed by atoms with E-state index in [1.807, 2.05) is 54.7 Å². The van der Waals surface area contributed by atoms with Crippen molar-refractivity contribution in [1.82, 2.24) is 4.98 Å². The monoisotopic (exact) mass is 250 g/mol. The maximum atomic E-state index is 5.77. The summed E-state index contributed by atoms with van der Waals surface area (Å²) >= 11 is 0. The van der Waals surface area contributed by atoms with Crippen LogP contribution in [0.2, 0.25) is 0 Å². The Labute approximate surface area is 111 Å². The molecule has 94 valence electrons. The van der Waals surface area contributed by atoms with Crippen molar-refractivity contribution in [2.24, 2.45) is 0 Å². The minimum Gasteiger partial charge on any atom is -0.489 e. The summed E-state index contributed by atoms with van der Waals surface area (Å²) in [4.78, 5) is 4.34. The fourth-order valence-electron chi connectivity index (χ4n) is 2.01. The van der Waals surface area contributed by atoms with Crippen molar-refractivity contribution in [3.8, 4) is 5.75 Å². The number of hydrogen-bond donors (Lipinski definition) is 1. The summed E-state index contributed by atoms with van der Waals surface area (Å²) in [5.74, 6) is 0.815. The maximum Gasteiger partial charge on any atom is 0.119 e. The van der Waals surface area contributed by atoms with Crippen molar-refractivity contribution in [2.45, 2.75) is 6.61 Å². The first-order valence-electron chi connectivity index (χ1n) is 6.14. The normalized spacial score (nSPS) is 10.5. The van der Waals surface area contributed by atoms with Gasteiger partial charge in [0.25, 0.3) is 0 Å². The zero-order chi connectivity index (χ0) is 13.1. The first kappa shape index (κ1) is 11.5. The molecule has 0 atom stereocenters. The third-order valence-electron chi connectivity index (χ3n) is 3.01. The fraction of sp³-hybridized carbons (Fsp3) is 0.0625. The van der Waals surface area contributed by atoms with Crippen LogP contribution in [0.5, 0.6) is 5.75 Å². The van der Waals surface area contributed by atoms with Crippen LogP contribution in [-0.4, -0.2) is 4.98 Å². The topological polar surface area (TPSA) is 48.1 Å². The van der Waals surface area contributed by atoms with E-state index in [9.17, 15) is 0 Å². The van der Waals surface area contributed by atoms with E-state index in [0.717, 1.165) is 27.9 Å². The molecule has 1 heterocycles. The molecule has 2 N–H and O–H groups in total. The summed E-state index contributed by atoms with van der Waals surface area (Å²) in [6.07, 6.45) is 1.81. The molecule has 0 bridgehead atoms. The molecular weight excluding hydrogens is 236 g/mol. The average Bonchev–Trinajstić information content (AvgIpc) is 2.47. The van der Waals surface area contributed by atoms with E-state index in [1.165, 1.54) is 0 Å². The van der Waals surface area contributed by atoms with Gasteiger partial charge in [0.2, 0.25) is 0 Å². The summed E-state index contributed by atoms with van der Waals surface area (Å²) in [6.45, 7) is 0.521. The quantitative estimate of drug-likeness (QED) is 0.725. The highest BCUT2D eigenvalue weighted by Crippen LogP contribution is 2.19. The molecule has 0 saturated heterocycles.